The van der Waals surface area contributed by atoms with Gasteiger partial charge in [0.15, 0.2) is 0 Å². The number of carbonyl (C=O) groups excluding carboxylic acids is 1. The number of carbonyl (C=O) groups is 1. The molecule has 0 heterocycles. The second-order valence-corrected chi connectivity index (χ2v) is 9.53. The Morgan fingerprint density at radius 1 is 0.882 bits per heavy atom. The summed E-state index contributed by atoms with van der Waals surface area (Å²) in [5.74, 6) is 1.17. The summed E-state index contributed by atoms with van der Waals surface area (Å²) in [6.07, 6.45) is 0.760. The van der Waals surface area contributed by atoms with E-state index in [0.717, 1.165) is 16.7 Å². The van der Waals surface area contributed by atoms with Crippen LogP contribution >= 0.6 is 0 Å². The number of aryl methyl sites for hydroxylation is 1. The van der Waals surface area contributed by atoms with Crippen molar-refractivity contribution in [1.29, 1.82) is 0 Å². The predicted octanol–water partition coefficient (Wildman–Crippen LogP) is 3.99. The second kappa shape index (κ2) is 11.7. The summed E-state index contributed by atoms with van der Waals surface area (Å²) in [7, 11) is -0.519. The summed E-state index contributed by atoms with van der Waals surface area (Å²) in [4.78, 5) is 12.6. The van der Waals surface area contributed by atoms with E-state index in [2.05, 4.69) is 10.0 Å². The van der Waals surface area contributed by atoms with E-state index < -0.39 is 10.0 Å². The zero-order valence-corrected chi connectivity index (χ0v) is 20.4. The van der Waals surface area contributed by atoms with Crippen molar-refractivity contribution in [2.75, 3.05) is 14.2 Å². The monoisotopic (exact) mass is 482 g/mol. The molecule has 0 bridgehead atoms. The number of benzene rings is 3. The molecular weight excluding hydrogens is 452 g/mol. The highest BCUT2D eigenvalue weighted by atomic mass is 32.2. The summed E-state index contributed by atoms with van der Waals surface area (Å²) in [5.41, 5.74) is 2.53. The molecule has 0 aliphatic carbocycles. The fraction of sp³-hybridized carbons (Fsp3) is 0.269. The number of hydrogen-bond acceptors (Lipinski definition) is 5. The Kier molecular flexibility index (Phi) is 8.67. The van der Waals surface area contributed by atoms with Gasteiger partial charge >= 0.3 is 0 Å². The molecule has 0 aromatic heterocycles. The van der Waals surface area contributed by atoms with Crippen LogP contribution < -0.4 is 19.5 Å². The molecule has 180 valence electrons. The van der Waals surface area contributed by atoms with E-state index in [-0.39, 0.29) is 29.8 Å². The van der Waals surface area contributed by atoms with E-state index in [9.17, 15) is 13.2 Å². The molecular formula is C26H30N2O5S. The number of ether oxygens (including phenoxy) is 2. The summed E-state index contributed by atoms with van der Waals surface area (Å²) in [5, 5.41) is 2.89. The molecule has 0 spiro atoms. The molecule has 3 rings (SSSR count). The van der Waals surface area contributed by atoms with Gasteiger partial charge in [-0.25, -0.2) is 13.1 Å². The number of nitrogens with one attached hydrogen (secondary N) is 2. The van der Waals surface area contributed by atoms with Crippen molar-refractivity contribution in [2.45, 2.75) is 37.2 Å². The average Bonchev–Trinajstić information content (AvgIpc) is 2.86. The highest BCUT2D eigenvalue weighted by molar-refractivity contribution is 7.89. The SMILES string of the molecule is COc1cccc(OC)c1CNC(=O)CCc1ccc(S(=O)(=O)NC(C)c2ccccc2)cc1. The zero-order valence-electron chi connectivity index (χ0n) is 19.6. The minimum absolute atomic E-state index is 0.122. The number of amides is 1. The van der Waals surface area contributed by atoms with E-state index in [1.165, 1.54) is 0 Å². The van der Waals surface area contributed by atoms with Crippen molar-refractivity contribution in [3.05, 3.63) is 89.5 Å². The first kappa shape index (κ1) is 25.3. The lowest BCUT2D eigenvalue weighted by molar-refractivity contribution is -0.121. The molecule has 1 unspecified atom stereocenters. The molecule has 0 fully saturated rings. The van der Waals surface area contributed by atoms with Crippen LogP contribution in [0.4, 0.5) is 0 Å². The lowest BCUT2D eigenvalue weighted by Crippen LogP contribution is -2.26. The largest absolute Gasteiger partial charge is 0.496 e. The van der Waals surface area contributed by atoms with Gasteiger partial charge in [-0.1, -0.05) is 48.5 Å². The maximum Gasteiger partial charge on any atom is 0.241 e. The Hall–Kier alpha value is -3.36. The smallest absolute Gasteiger partial charge is 0.241 e. The molecule has 8 heteroatoms. The standard InChI is InChI=1S/C26H30N2O5S/c1-19(21-8-5-4-6-9-21)28-34(30,31)22-15-12-20(13-16-22)14-17-26(29)27-18-23-24(32-2)10-7-11-25(23)33-3/h4-13,15-16,19,28H,14,17-18H2,1-3H3,(H,27,29). The minimum Gasteiger partial charge on any atom is -0.496 e. The van der Waals surface area contributed by atoms with Gasteiger partial charge in [-0.15, -0.1) is 0 Å². The van der Waals surface area contributed by atoms with Gasteiger partial charge in [-0.2, -0.15) is 0 Å². The number of sulfonamides is 1. The number of rotatable bonds is 11. The van der Waals surface area contributed by atoms with Crippen LogP contribution in [0.5, 0.6) is 11.5 Å². The van der Waals surface area contributed by atoms with Gasteiger partial charge in [-0.3, -0.25) is 4.79 Å². The molecule has 0 radical (unpaired) electrons. The molecule has 1 amide bonds. The molecule has 3 aromatic carbocycles. The number of methoxy groups -OCH3 is 2. The Morgan fingerprint density at radius 3 is 2.09 bits per heavy atom. The zero-order chi connectivity index (χ0) is 24.6. The van der Waals surface area contributed by atoms with Crippen LogP contribution in [0.25, 0.3) is 0 Å². The highest BCUT2D eigenvalue weighted by Gasteiger charge is 2.18. The summed E-state index contributed by atoms with van der Waals surface area (Å²) >= 11 is 0. The van der Waals surface area contributed by atoms with E-state index in [4.69, 9.17) is 9.47 Å². The molecule has 0 saturated carbocycles. The average molecular weight is 483 g/mol. The topological polar surface area (TPSA) is 93.7 Å². The third-order valence-electron chi connectivity index (χ3n) is 5.50. The van der Waals surface area contributed by atoms with Gasteiger partial charge in [-0.05, 0) is 48.7 Å². The third-order valence-corrected chi connectivity index (χ3v) is 7.05. The van der Waals surface area contributed by atoms with Gasteiger partial charge in [0.25, 0.3) is 0 Å². The van der Waals surface area contributed by atoms with Gasteiger partial charge in [0.2, 0.25) is 15.9 Å². The first-order valence-electron chi connectivity index (χ1n) is 11.0. The van der Waals surface area contributed by atoms with Crippen LogP contribution in [-0.4, -0.2) is 28.5 Å². The van der Waals surface area contributed by atoms with Crippen molar-refractivity contribution in [3.8, 4) is 11.5 Å². The molecule has 34 heavy (non-hydrogen) atoms. The van der Waals surface area contributed by atoms with Crippen LogP contribution in [-0.2, 0) is 27.8 Å². The van der Waals surface area contributed by atoms with Crippen LogP contribution in [0.1, 0.15) is 36.1 Å². The highest BCUT2D eigenvalue weighted by Crippen LogP contribution is 2.28. The normalized spacial score (nSPS) is 12.1. The summed E-state index contributed by atoms with van der Waals surface area (Å²) in [6.45, 7) is 2.09. The first-order valence-corrected chi connectivity index (χ1v) is 12.4. The second-order valence-electron chi connectivity index (χ2n) is 7.82. The molecule has 0 saturated heterocycles. The third kappa shape index (κ3) is 6.59. The van der Waals surface area contributed by atoms with Crippen molar-refractivity contribution < 1.29 is 22.7 Å². The van der Waals surface area contributed by atoms with Crippen LogP contribution in [0.3, 0.4) is 0 Å². The van der Waals surface area contributed by atoms with E-state index in [1.807, 2.05) is 48.5 Å². The number of hydrogen-bond donors (Lipinski definition) is 2. The van der Waals surface area contributed by atoms with Crippen LogP contribution in [0.15, 0.2) is 77.7 Å². The van der Waals surface area contributed by atoms with Crippen molar-refractivity contribution in [3.63, 3.8) is 0 Å². The fourth-order valence-corrected chi connectivity index (χ4v) is 4.81. The predicted molar refractivity (Wildman–Crippen MR) is 131 cm³/mol. The van der Waals surface area contributed by atoms with Gasteiger partial charge < -0.3 is 14.8 Å². The first-order chi connectivity index (χ1) is 16.3. The van der Waals surface area contributed by atoms with E-state index in [1.54, 1.807) is 45.4 Å². The van der Waals surface area contributed by atoms with Crippen molar-refractivity contribution >= 4 is 15.9 Å². The molecule has 7 nitrogen and oxygen atoms in total. The van der Waals surface area contributed by atoms with Crippen LogP contribution in [0.2, 0.25) is 0 Å². The maximum atomic E-state index is 12.7. The molecule has 1 atom stereocenters. The van der Waals surface area contributed by atoms with Gasteiger partial charge in [0.1, 0.15) is 11.5 Å². The lowest BCUT2D eigenvalue weighted by Gasteiger charge is -2.15. The Morgan fingerprint density at radius 2 is 1.50 bits per heavy atom. The summed E-state index contributed by atoms with van der Waals surface area (Å²) < 4.78 is 38.8. The van der Waals surface area contributed by atoms with Gasteiger partial charge in [0.05, 0.1) is 31.2 Å². The Bertz CT molecular complexity index is 1170. The fourth-order valence-electron chi connectivity index (χ4n) is 3.58. The van der Waals surface area contributed by atoms with Crippen molar-refractivity contribution in [1.82, 2.24) is 10.0 Å². The summed E-state index contributed by atoms with van der Waals surface area (Å²) in [6, 6.07) is 21.1. The minimum atomic E-state index is -3.66. The van der Waals surface area contributed by atoms with E-state index in [0.29, 0.717) is 17.9 Å². The van der Waals surface area contributed by atoms with Gasteiger partial charge in [0, 0.05) is 12.5 Å². The maximum absolute atomic E-state index is 12.7. The Labute approximate surface area is 201 Å². The van der Waals surface area contributed by atoms with Crippen LogP contribution in [0, 0.1) is 0 Å². The lowest BCUT2D eigenvalue weighted by atomic mass is 10.1. The molecule has 0 aliphatic heterocycles. The molecule has 2 N–H and O–H groups in total. The Balaban J connectivity index is 1.54. The van der Waals surface area contributed by atoms with E-state index >= 15 is 0 Å². The molecule has 3 aromatic rings. The van der Waals surface area contributed by atoms with Crippen molar-refractivity contribution in [2.24, 2.45) is 0 Å². The quantitative estimate of drug-likeness (QED) is 0.431. The molecule has 0 aliphatic rings.